The summed E-state index contributed by atoms with van der Waals surface area (Å²) in [5.74, 6) is -0.749. The molecular weight excluding hydrogens is 374 g/mol. The smallest absolute Gasteiger partial charge is 0.306 e. The van der Waals surface area contributed by atoms with E-state index < -0.39 is 5.97 Å². The van der Waals surface area contributed by atoms with E-state index >= 15 is 0 Å². The molecule has 0 unspecified atom stereocenters. The number of rotatable bonds is 8. The molecule has 0 saturated carbocycles. The molecule has 0 aliphatic rings. The van der Waals surface area contributed by atoms with E-state index in [0.717, 1.165) is 45.3 Å². The number of thioether (sulfide) groups is 1. The molecule has 1 amide bonds. The number of esters is 1. The van der Waals surface area contributed by atoms with Gasteiger partial charge >= 0.3 is 5.97 Å². The van der Waals surface area contributed by atoms with Crippen LogP contribution in [0.2, 0.25) is 0 Å². The van der Waals surface area contributed by atoms with E-state index in [1.54, 1.807) is 0 Å². The normalized spacial score (nSPS) is 10.6. The van der Waals surface area contributed by atoms with Crippen molar-refractivity contribution in [2.45, 2.75) is 52.1 Å². The average Bonchev–Trinajstić information content (AvgIpc) is 2.67. The Balaban J connectivity index is 1.87. The van der Waals surface area contributed by atoms with Gasteiger partial charge in [0.1, 0.15) is 0 Å². The first kappa shape index (κ1) is 21.9. The minimum Gasteiger partial charge on any atom is -0.456 e. The number of hydrogen-bond donors (Lipinski definition) is 1. The molecular formula is C21H27N3O3S. The third-order valence-corrected chi connectivity index (χ3v) is 5.08. The fourth-order valence-corrected chi connectivity index (χ4v) is 3.44. The van der Waals surface area contributed by atoms with Gasteiger partial charge in [-0.1, -0.05) is 36.9 Å². The van der Waals surface area contributed by atoms with Gasteiger partial charge in [0.15, 0.2) is 11.8 Å². The number of hydrogen-bond acceptors (Lipinski definition) is 6. The standard InChI is InChI=1S/C21H27N3O3S/c1-6-16-9-7-8-13(2)20(16)24-18(25)12-27-19(26)11-10-17-14(3)22-21(28-5)23-15(17)4/h7-9H,6,10-12H2,1-5H3,(H,24,25). The SMILES string of the molecule is CCc1cccc(C)c1NC(=O)COC(=O)CCc1c(C)nc(SC)nc1C. The molecule has 0 spiro atoms. The predicted molar refractivity (Wildman–Crippen MR) is 112 cm³/mol. The molecule has 1 aromatic carbocycles. The highest BCUT2D eigenvalue weighted by Crippen LogP contribution is 2.21. The van der Waals surface area contributed by atoms with Crippen molar-refractivity contribution >= 4 is 29.3 Å². The second kappa shape index (κ2) is 10.2. The van der Waals surface area contributed by atoms with Gasteiger partial charge in [-0.15, -0.1) is 0 Å². The van der Waals surface area contributed by atoms with Crippen LogP contribution in [0.1, 0.15) is 41.4 Å². The Hall–Kier alpha value is -2.41. The highest BCUT2D eigenvalue weighted by molar-refractivity contribution is 7.98. The maximum atomic E-state index is 12.2. The van der Waals surface area contributed by atoms with Crippen LogP contribution in [0.4, 0.5) is 5.69 Å². The van der Waals surface area contributed by atoms with Gasteiger partial charge in [-0.25, -0.2) is 9.97 Å². The number of para-hydroxylation sites is 1. The summed E-state index contributed by atoms with van der Waals surface area (Å²) in [5.41, 5.74) is 5.52. The van der Waals surface area contributed by atoms with Crippen molar-refractivity contribution in [2.24, 2.45) is 0 Å². The number of carbonyl (C=O) groups is 2. The van der Waals surface area contributed by atoms with Crippen LogP contribution < -0.4 is 5.32 Å². The molecule has 1 heterocycles. The fourth-order valence-electron chi connectivity index (χ4n) is 2.98. The topological polar surface area (TPSA) is 81.2 Å². The van der Waals surface area contributed by atoms with Crippen LogP contribution in [0.25, 0.3) is 0 Å². The van der Waals surface area contributed by atoms with Crippen LogP contribution >= 0.6 is 11.8 Å². The van der Waals surface area contributed by atoms with Crippen molar-refractivity contribution in [3.8, 4) is 0 Å². The maximum absolute atomic E-state index is 12.2. The van der Waals surface area contributed by atoms with Crippen molar-refractivity contribution in [1.82, 2.24) is 9.97 Å². The fraction of sp³-hybridized carbons (Fsp3) is 0.429. The lowest BCUT2D eigenvalue weighted by molar-refractivity contribution is -0.147. The molecule has 0 bridgehead atoms. The van der Waals surface area contributed by atoms with E-state index in [0.29, 0.717) is 6.42 Å². The van der Waals surface area contributed by atoms with Gasteiger partial charge in [-0.05, 0) is 56.6 Å². The lowest BCUT2D eigenvalue weighted by Crippen LogP contribution is -2.22. The second-order valence-electron chi connectivity index (χ2n) is 6.53. The molecule has 0 fully saturated rings. The molecule has 6 nitrogen and oxygen atoms in total. The molecule has 1 N–H and O–H groups in total. The Morgan fingerprint density at radius 1 is 1.14 bits per heavy atom. The van der Waals surface area contributed by atoms with Gasteiger partial charge in [0.25, 0.3) is 5.91 Å². The van der Waals surface area contributed by atoms with Crippen LogP contribution in [-0.2, 0) is 27.2 Å². The van der Waals surface area contributed by atoms with Crippen LogP contribution in [0.3, 0.4) is 0 Å². The van der Waals surface area contributed by atoms with E-state index in [-0.39, 0.29) is 18.9 Å². The van der Waals surface area contributed by atoms with Gasteiger partial charge in [0, 0.05) is 23.5 Å². The first-order valence-electron chi connectivity index (χ1n) is 9.27. The van der Waals surface area contributed by atoms with Gasteiger partial charge < -0.3 is 10.1 Å². The van der Waals surface area contributed by atoms with Gasteiger partial charge in [-0.2, -0.15) is 0 Å². The maximum Gasteiger partial charge on any atom is 0.306 e. The van der Waals surface area contributed by atoms with Crippen LogP contribution in [0.5, 0.6) is 0 Å². The highest BCUT2D eigenvalue weighted by Gasteiger charge is 2.14. The highest BCUT2D eigenvalue weighted by atomic mass is 32.2. The first-order chi connectivity index (χ1) is 13.3. The first-order valence-corrected chi connectivity index (χ1v) is 10.5. The van der Waals surface area contributed by atoms with Crippen LogP contribution in [-0.4, -0.2) is 34.7 Å². The Kier molecular flexibility index (Phi) is 7.99. The lowest BCUT2D eigenvalue weighted by Gasteiger charge is -2.13. The summed E-state index contributed by atoms with van der Waals surface area (Å²) in [7, 11) is 0. The van der Waals surface area contributed by atoms with Crippen LogP contribution in [0, 0.1) is 20.8 Å². The molecule has 0 aliphatic heterocycles. The van der Waals surface area contributed by atoms with Crippen molar-refractivity contribution in [2.75, 3.05) is 18.2 Å². The van der Waals surface area contributed by atoms with Gasteiger partial charge in [-0.3, -0.25) is 9.59 Å². The number of nitrogens with one attached hydrogen (secondary N) is 1. The number of aromatic nitrogens is 2. The Bertz CT molecular complexity index is 845. The molecule has 1 aromatic heterocycles. The number of ether oxygens (including phenoxy) is 1. The lowest BCUT2D eigenvalue weighted by atomic mass is 10.1. The van der Waals surface area contributed by atoms with Crippen molar-refractivity contribution in [3.63, 3.8) is 0 Å². The largest absolute Gasteiger partial charge is 0.456 e. The Morgan fingerprint density at radius 3 is 2.43 bits per heavy atom. The number of anilines is 1. The molecule has 0 atom stereocenters. The van der Waals surface area contributed by atoms with Crippen LogP contribution in [0.15, 0.2) is 23.4 Å². The summed E-state index contributed by atoms with van der Waals surface area (Å²) in [6, 6.07) is 5.88. The summed E-state index contributed by atoms with van der Waals surface area (Å²) in [4.78, 5) is 33.1. The molecule has 2 aromatic rings. The minimum atomic E-state index is -0.414. The quantitative estimate of drug-likeness (QED) is 0.412. The summed E-state index contributed by atoms with van der Waals surface area (Å²) in [6.07, 6.45) is 3.41. The summed E-state index contributed by atoms with van der Waals surface area (Å²) in [5, 5.41) is 3.57. The molecule has 150 valence electrons. The van der Waals surface area contributed by atoms with E-state index in [2.05, 4.69) is 15.3 Å². The van der Waals surface area contributed by atoms with Gasteiger partial charge in [0.2, 0.25) is 0 Å². The van der Waals surface area contributed by atoms with Crippen molar-refractivity contribution in [1.29, 1.82) is 0 Å². The number of benzene rings is 1. The molecule has 0 aliphatic carbocycles. The number of aryl methyl sites for hydroxylation is 4. The average molecular weight is 402 g/mol. The minimum absolute atomic E-state index is 0.182. The van der Waals surface area contributed by atoms with E-state index in [1.165, 1.54) is 11.8 Å². The number of carbonyl (C=O) groups excluding carboxylic acids is 2. The monoisotopic (exact) mass is 401 g/mol. The Morgan fingerprint density at radius 2 is 1.82 bits per heavy atom. The third-order valence-electron chi connectivity index (χ3n) is 4.53. The third kappa shape index (κ3) is 5.79. The van der Waals surface area contributed by atoms with E-state index in [1.807, 2.05) is 52.1 Å². The van der Waals surface area contributed by atoms with E-state index in [9.17, 15) is 9.59 Å². The van der Waals surface area contributed by atoms with Crippen molar-refractivity contribution in [3.05, 3.63) is 46.3 Å². The summed E-state index contributed by atoms with van der Waals surface area (Å²) in [6.45, 7) is 7.50. The molecule has 2 rings (SSSR count). The summed E-state index contributed by atoms with van der Waals surface area (Å²) >= 11 is 1.49. The zero-order valence-corrected chi connectivity index (χ0v) is 17.9. The molecule has 0 radical (unpaired) electrons. The predicted octanol–water partition coefficient (Wildman–Crippen LogP) is 3.80. The molecule has 28 heavy (non-hydrogen) atoms. The molecule has 7 heteroatoms. The number of amides is 1. The second-order valence-corrected chi connectivity index (χ2v) is 7.30. The molecule has 0 saturated heterocycles. The van der Waals surface area contributed by atoms with Crippen molar-refractivity contribution < 1.29 is 14.3 Å². The van der Waals surface area contributed by atoms with Gasteiger partial charge in [0.05, 0.1) is 0 Å². The summed E-state index contributed by atoms with van der Waals surface area (Å²) < 4.78 is 5.14. The van der Waals surface area contributed by atoms with E-state index in [4.69, 9.17) is 4.74 Å². The number of nitrogens with zero attached hydrogens (tertiary/aromatic N) is 2. The zero-order chi connectivity index (χ0) is 20.7. The Labute approximate surface area is 170 Å². The zero-order valence-electron chi connectivity index (χ0n) is 17.1.